The molecule has 0 N–H and O–H groups in total. The van der Waals surface area contributed by atoms with E-state index in [1.165, 1.54) is 0 Å². The van der Waals surface area contributed by atoms with Gasteiger partial charge in [0.1, 0.15) is 5.92 Å². The zero-order chi connectivity index (χ0) is 25.7. The number of carbonyl (C=O) groups excluding carboxylic acids is 3. The largest absolute Gasteiger partial charge is 0.465 e. The maximum absolute atomic E-state index is 13.7. The lowest BCUT2D eigenvalue weighted by molar-refractivity contribution is -0.147. The minimum atomic E-state index is -0.963. The number of Topliss-reactive ketones (excluding diaryl/α,β-unsaturated/α-hetero) is 1. The van der Waals surface area contributed by atoms with Gasteiger partial charge in [-0.3, -0.25) is 19.4 Å². The van der Waals surface area contributed by atoms with Gasteiger partial charge in [0, 0.05) is 40.8 Å². The fraction of sp³-hybridized carbons (Fsp3) is 0.310. The maximum Gasteiger partial charge on any atom is 0.316 e. The standard InChI is InChI=1S/C29H29ClN2O4/c1-3-19-18-32(28(34)20-8-6-5-7-9-20)15-13-21(19)16-25(29(35)36-4-2)27(33)24-12-14-31-26-17-22(30)10-11-23(24)26/h3,5-12,14,17,19,21,25H,1,4,13,15-16,18H2,2H3/t19-,21-,25?/m0/s1. The molecule has 1 unspecified atom stereocenters. The van der Waals surface area contributed by atoms with Gasteiger partial charge in [0.25, 0.3) is 5.91 Å². The number of likely N-dealkylation sites (tertiary alicyclic amines) is 1. The molecule has 0 spiro atoms. The topological polar surface area (TPSA) is 76.6 Å². The van der Waals surface area contributed by atoms with Gasteiger partial charge in [-0.1, -0.05) is 41.9 Å². The van der Waals surface area contributed by atoms with Crippen molar-refractivity contribution in [1.29, 1.82) is 0 Å². The summed E-state index contributed by atoms with van der Waals surface area (Å²) in [6.07, 6.45) is 4.35. The van der Waals surface area contributed by atoms with Crippen LogP contribution in [0.2, 0.25) is 5.02 Å². The highest BCUT2D eigenvalue weighted by Crippen LogP contribution is 2.33. The van der Waals surface area contributed by atoms with Crippen molar-refractivity contribution in [3.8, 4) is 0 Å². The number of piperidine rings is 1. The van der Waals surface area contributed by atoms with E-state index in [1.807, 2.05) is 29.2 Å². The summed E-state index contributed by atoms with van der Waals surface area (Å²) in [4.78, 5) is 45.8. The molecular formula is C29H29ClN2O4. The average molecular weight is 505 g/mol. The van der Waals surface area contributed by atoms with Crippen molar-refractivity contribution < 1.29 is 19.1 Å². The number of rotatable bonds is 8. The van der Waals surface area contributed by atoms with Gasteiger partial charge in [0.05, 0.1) is 12.1 Å². The summed E-state index contributed by atoms with van der Waals surface area (Å²) in [5.74, 6) is -1.87. The normalized spacial score (nSPS) is 18.4. The SMILES string of the molecule is C=C[C@H]1CN(C(=O)c2ccccc2)CC[C@H]1CC(C(=O)OCC)C(=O)c1ccnc2cc(Cl)ccc12. The summed E-state index contributed by atoms with van der Waals surface area (Å²) in [6.45, 7) is 6.93. The van der Waals surface area contributed by atoms with Crippen LogP contribution in [0.1, 0.15) is 40.5 Å². The molecule has 0 aliphatic carbocycles. The molecule has 6 nitrogen and oxygen atoms in total. The molecule has 1 saturated heterocycles. The van der Waals surface area contributed by atoms with Gasteiger partial charge in [0.15, 0.2) is 5.78 Å². The van der Waals surface area contributed by atoms with E-state index in [2.05, 4.69) is 11.6 Å². The predicted molar refractivity (Wildman–Crippen MR) is 140 cm³/mol. The van der Waals surface area contributed by atoms with Crippen molar-refractivity contribution in [3.05, 3.63) is 89.6 Å². The molecule has 1 aliphatic heterocycles. The van der Waals surface area contributed by atoms with Crippen LogP contribution in [0.4, 0.5) is 0 Å². The van der Waals surface area contributed by atoms with Gasteiger partial charge in [-0.05, 0) is 61.9 Å². The molecule has 1 fully saturated rings. The number of benzene rings is 2. The van der Waals surface area contributed by atoms with Crippen LogP contribution in [0.15, 0.2) is 73.4 Å². The summed E-state index contributed by atoms with van der Waals surface area (Å²) in [5, 5.41) is 1.16. The number of fused-ring (bicyclic) bond motifs is 1. The molecule has 0 radical (unpaired) electrons. The molecule has 186 valence electrons. The number of pyridine rings is 1. The van der Waals surface area contributed by atoms with Crippen molar-refractivity contribution in [2.45, 2.75) is 19.8 Å². The fourth-order valence-electron chi connectivity index (χ4n) is 4.92. The highest BCUT2D eigenvalue weighted by Gasteiger charge is 2.37. The monoisotopic (exact) mass is 504 g/mol. The Kier molecular flexibility index (Phi) is 8.16. The first-order chi connectivity index (χ1) is 17.4. The minimum Gasteiger partial charge on any atom is -0.465 e. The van der Waals surface area contributed by atoms with Crippen molar-refractivity contribution in [3.63, 3.8) is 0 Å². The number of halogens is 1. The molecule has 2 heterocycles. The van der Waals surface area contributed by atoms with Crippen molar-refractivity contribution in [2.75, 3.05) is 19.7 Å². The molecule has 4 rings (SSSR count). The molecule has 1 aliphatic rings. The Labute approximate surface area is 215 Å². The summed E-state index contributed by atoms with van der Waals surface area (Å²) in [6, 6.07) is 16.0. The lowest BCUT2D eigenvalue weighted by atomic mass is 9.77. The number of hydrogen-bond acceptors (Lipinski definition) is 5. The highest BCUT2D eigenvalue weighted by atomic mass is 35.5. The van der Waals surface area contributed by atoms with Crippen LogP contribution in [-0.4, -0.2) is 47.2 Å². The molecule has 36 heavy (non-hydrogen) atoms. The number of hydrogen-bond donors (Lipinski definition) is 0. The van der Waals surface area contributed by atoms with Crippen molar-refractivity contribution in [2.24, 2.45) is 17.8 Å². The second-order valence-corrected chi connectivity index (χ2v) is 9.43. The van der Waals surface area contributed by atoms with Crippen LogP contribution < -0.4 is 0 Å². The Hall–Kier alpha value is -3.51. The summed E-state index contributed by atoms with van der Waals surface area (Å²) in [5.41, 5.74) is 1.65. The minimum absolute atomic E-state index is 0.00299. The number of ketones is 1. The second-order valence-electron chi connectivity index (χ2n) is 8.99. The first kappa shape index (κ1) is 25.6. The highest BCUT2D eigenvalue weighted by molar-refractivity contribution is 6.31. The van der Waals surface area contributed by atoms with E-state index in [0.717, 1.165) is 0 Å². The van der Waals surface area contributed by atoms with Gasteiger partial charge in [-0.15, -0.1) is 6.58 Å². The van der Waals surface area contributed by atoms with E-state index >= 15 is 0 Å². The van der Waals surface area contributed by atoms with Crippen molar-refractivity contribution >= 4 is 40.2 Å². The van der Waals surface area contributed by atoms with E-state index < -0.39 is 11.9 Å². The first-order valence-corrected chi connectivity index (χ1v) is 12.5. The molecule has 0 saturated carbocycles. The van der Waals surface area contributed by atoms with Crippen molar-refractivity contribution in [1.82, 2.24) is 9.88 Å². The van der Waals surface area contributed by atoms with Gasteiger partial charge in [0.2, 0.25) is 0 Å². The van der Waals surface area contributed by atoms with Gasteiger partial charge < -0.3 is 9.64 Å². The van der Waals surface area contributed by atoms with Crippen LogP contribution in [0.5, 0.6) is 0 Å². The predicted octanol–water partition coefficient (Wildman–Crippen LogP) is 5.60. The van der Waals surface area contributed by atoms with E-state index in [-0.39, 0.29) is 30.1 Å². The Morgan fingerprint density at radius 1 is 1.19 bits per heavy atom. The van der Waals surface area contributed by atoms with Gasteiger partial charge in [-0.2, -0.15) is 0 Å². The molecule has 7 heteroatoms. The zero-order valence-corrected chi connectivity index (χ0v) is 21.0. The number of ether oxygens (including phenoxy) is 1. The Balaban J connectivity index is 1.57. The first-order valence-electron chi connectivity index (χ1n) is 12.1. The average Bonchev–Trinajstić information content (AvgIpc) is 2.91. The van der Waals surface area contributed by atoms with Crippen LogP contribution in [0.25, 0.3) is 10.9 Å². The Bertz CT molecular complexity index is 1280. The van der Waals surface area contributed by atoms with Crippen LogP contribution >= 0.6 is 11.6 Å². The van der Waals surface area contributed by atoms with E-state index in [4.69, 9.17) is 16.3 Å². The van der Waals surface area contributed by atoms with E-state index in [9.17, 15) is 14.4 Å². The van der Waals surface area contributed by atoms with Gasteiger partial charge in [-0.25, -0.2) is 0 Å². The molecule has 0 bridgehead atoms. The van der Waals surface area contributed by atoms with Gasteiger partial charge >= 0.3 is 5.97 Å². The lowest BCUT2D eigenvalue weighted by Crippen LogP contribution is -2.44. The third-order valence-electron chi connectivity index (χ3n) is 6.81. The zero-order valence-electron chi connectivity index (χ0n) is 20.2. The number of nitrogens with zero attached hydrogens (tertiary/aromatic N) is 2. The van der Waals surface area contributed by atoms with Crippen LogP contribution in [0, 0.1) is 17.8 Å². The van der Waals surface area contributed by atoms with E-state index in [1.54, 1.807) is 49.5 Å². The van der Waals surface area contributed by atoms with E-state index in [0.29, 0.717) is 53.0 Å². The molecule has 1 amide bonds. The van der Waals surface area contributed by atoms with Crippen LogP contribution in [-0.2, 0) is 9.53 Å². The van der Waals surface area contributed by atoms with Crippen LogP contribution in [0.3, 0.4) is 0 Å². The molecular weight excluding hydrogens is 476 g/mol. The third kappa shape index (κ3) is 5.49. The molecule has 1 aromatic heterocycles. The number of esters is 1. The summed E-state index contributed by atoms with van der Waals surface area (Å²) < 4.78 is 5.32. The quantitative estimate of drug-likeness (QED) is 0.172. The number of carbonyl (C=O) groups is 3. The molecule has 2 aromatic carbocycles. The second kappa shape index (κ2) is 11.5. The fourth-order valence-corrected chi connectivity index (χ4v) is 5.08. The third-order valence-corrected chi connectivity index (χ3v) is 7.05. The number of amides is 1. The smallest absolute Gasteiger partial charge is 0.316 e. The maximum atomic E-state index is 13.7. The lowest BCUT2D eigenvalue weighted by Gasteiger charge is -2.38. The number of aromatic nitrogens is 1. The Morgan fingerprint density at radius 3 is 2.69 bits per heavy atom. The summed E-state index contributed by atoms with van der Waals surface area (Å²) >= 11 is 6.10. The Morgan fingerprint density at radius 2 is 1.97 bits per heavy atom. The summed E-state index contributed by atoms with van der Waals surface area (Å²) in [7, 11) is 0. The molecule has 3 aromatic rings. The molecule has 3 atom stereocenters.